The summed E-state index contributed by atoms with van der Waals surface area (Å²) in [6, 6.07) is 0. The van der Waals surface area contributed by atoms with Gasteiger partial charge in [0.15, 0.2) is 0 Å². The summed E-state index contributed by atoms with van der Waals surface area (Å²) < 4.78 is 1.58. The van der Waals surface area contributed by atoms with Gasteiger partial charge in [0.05, 0.1) is 23.9 Å². The minimum atomic E-state index is -0.821. The van der Waals surface area contributed by atoms with Crippen LogP contribution < -0.4 is 5.56 Å². The minimum absolute atomic E-state index is 0.00900. The normalized spacial score (nSPS) is 14.9. The van der Waals surface area contributed by atoms with Gasteiger partial charge < -0.3 is 5.11 Å². The Bertz CT molecular complexity index is 698. The van der Waals surface area contributed by atoms with Gasteiger partial charge in [0.1, 0.15) is 4.83 Å². The lowest BCUT2D eigenvalue weighted by Crippen LogP contribution is -2.37. The van der Waals surface area contributed by atoms with Crippen molar-refractivity contribution in [1.82, 2.24) is 9.55 Å². The van der Waals surface area contributed by atoms with Gasteiger partial charge in [-0.25, -0.2) is 4.98 Å². The Morgan fingerprint density at radius 3 is 2.85 bits per heavy atom. The largest absolute Gasteiger partial charge is 0.388 e. The van der Waals surface area contributed by atoms with Crippen LogP contribution in [0.1, 0.15) is 43.6 Å². The fraction of sp³-hybridized carbons (Fsp3) is 0.600. The average molecular weight is 292 g/mol. The fourth-order valence-electron chi connectivity index (χ4n) is 2.92. The molecule has 0 amide bonds. The van der Waals surface area contributed by atoms with E-state index in [9.17, 15) is 9.90 Å². The summed E-state index contributed by atoms with van der Waals surface area (Å²) in [4.78, 5) is 19.3. The predicted molar refractivity (Wildman–Crippen MR) is 81.4 cm³/mol. The van der Waals surface area contributed by atoms with E-state index >= 15 is 0 Å². The third kappa shape index (κ3) is 2.09. The van der Waals surface area contributed by atoms with Crippen molar-refractivity contribution >= 4 is 21.6 Å². The van der Waals surface area contributed by atoms with Gasteiger partial charge in [-0.05, 0) is 37.7 Å². The second-order valence-electron chi connectivity index (χ2n) is 5.65. The predicted octanol–water partition coefficient (Wildman–Crippen LogP) is 2.50. The molecule has 2 aromatic heterocycles. The zero-order chi connectivity index (χ0) is 14.3. The SMILES string of the molecule is CCC(O)(CC)Cn1cnc2sc3c(c2c1=O)CCC3. The summed E-state index contributed by atoms with van der Waals surface area (Å²) >= 11 is 1.65. The number of thiophene rings is 1. The van der Waals surface area contributed by atoms with Crippen LogP contribution in [0.2, 0.25) is 0 Å². The van der Waals surface area contributed by atoms with Crippen molar-refractivity contribution in [3.63, 3.8) is 0 Å². The van der Waals surface area contributed by atoms with Crippen molar-refractivity contribution in [2.24, 2.45) is 0 Å². The smallest absolute Gasteiger partial charge is 0.262 e. The molecule has 2 aromatic rings. The van der Waals surface area contributed by atoms with Gasteiger partial charge in [-0.3, -0.25) is 9.36 Å². The maximum absolute atomic E-state index is 12.7. The van der Waals surface area contributed by atoms with Gasteiger partial charge in [0.25, 0.3) is 5.56 Å². The number of fused-ring (bicyclic) bond motifs is 3. The van der Waals surface area contributed by atoms with E-state index in [1.807, 2.05) is 13.8 Å². The first kappa shape index (κ1) is 13.8. The molecule has 0 spiro atoms. The van der Waals surface area contributed by atoms with E-state index < -0.39 is 5.60 Å². The van der Waals surface area contributed by atoms with E-state index in [0.717, 1.165) is 29.5 Å². The zero-order valence-corrected chi connectivity index (χ0v) is 12.8. The molecule has 0 fully saturated rings. The number of aryl methyl sites for hydroxylation is 2. The molecule has 2 heterocycles. The molecular formula is C15H20N2O2S. The summed E-state index contributed by atoms with van der Waals surface area (Å²) in [6.45, 7) is 4.22. The Balaban J connectivity index is 2.10. The lowest BCUT2D eigenvalue weighted by atomic mass is 9.97. The molecule has 0 bridgehead atoms. The van der Waals surface area contributed by atoms with Crippen LogP contribution in [0, 0.1) is 0 Å². The van der Waals surface area contributed by atoms with Crippen LogP contribution in [0.15, 0.2) is 11.1 Å². The second-order valence-corrected chi connectivity index (χ2v) is 6.73. The highest BCUT2D eigenvalue weighted by Gasteiger charge is 2.26. The average Bonchev–Trinajstić information content (AvgIpc) is 3.02. The monoisotopic (exact) mass is 292 g/mol. The first-order valence-electron chi connectivity index (χ1n) is 7.30. The lowest BCUT2D eigenvalue weighted by Gasteiger charge is -2.25. The van der Waals surface area contributed by atoms with E-state index in [2.05, 4.69) is 4.98 Å². The van der Waals surface area contributed by atoms with E-state index in [4.69, 9.17) is 0 Å². The maximum atomic E-state index is 12.7. The van der Waals surface area contributed by atoms with Crippen LogP contribution in [-0.2, 0) is 19.4 Å². The molecule has 4 nitrogen and oxygen atoms in total. The number of hydrogen-bond acceptors (Lipinski definition) is 4. The van der Waals surface area contributed by atoms with E-state index in [1.165, 1.54) is 10.4 Å². The molecule has 108 valence electrons. The minimum Gasteiger partial charge on any atom is -0.388 e. The van der Waals surface area contributed by atoms with Crippen molar-refractivity contribution in [3.05, 3.63) is 27.1 Å². The van der Waals surface area contributed by atoms with Crippen molar-refractivity contribution < 1.29 is 5.11 Å². The molecule has 0 atom stereocenters. The first-order valence-corrected chi connectivity index (χ1v) is 8.11. The summed E-state index contributed by atoms with van der Waals surface area (Å²) in [6.07, 6.45) is 6.06. The molecule has 0 aromatic carbocycles. The molecule has 20 heavy (non-hydrogen) atoms. The van der Waals surface area contributed by atoms with Gasteiger partial charge in [-0.15, -0.1) is 11.3 Å². The molecule has 5 heteroatoms. The fourth-order valence-corrected chi connectivity index (χ4v) is 4.14. The number of rotatable bonds is 4. The number of hydrogen-bond donors (Lipinski definition) is 1. The number of nitrogens with zero attached hydrogens (tertiary/aromatic N) is 2. The third-order valence-corrected chi connectivity index (χ3v) is 5.67. The Labute approximate surface area is 122 Å². The first-order chi connectivity index (χ1) is 9.58. The molecule has 3 rings (SSSR count). The van der Waals surface area contributed by atoms with Gasteiger partial charge >= 0.3 is 0 Å². The Kier molecular flexibility index (Phi) is 3.42. The molecule has 0 saturated carbocycles. The topological polar surface area (TPSA) is 55.1 Å². The van der Waals surface area contributed by atoms with E-state index in [-0.39, 0.29) is 5.56 Å². The highest BCUT2D eigenvalue weighted by molar-refractivity contribution is 7.18. The van der Waals surface area contributed by atoms with Crippen LogP contribution in [-0.4, -0.2) is 20.3 Å². The van der Waals surface area contributed by atoms with Gasteiger partial charge in [0.2, 0.25) is 0 Å². The molecule has 1 N–H and O–H groups in total. The molecule has 1 aliphatic carbocycles. The molecular weight excluding hydrogens is 272 g/mol. The summed E-state index contributed by atoms with van der Waals surface area (Å²) in [5.41, 5.74) is 0.390. The van der Waals surface area contributed by atoms with Crippen LogP contribution in [0.4, 0.5) is 0 Å². The van der Waals surface area contributed by atoms with Crippen LogP contribution in [0.5, 0.6) is 0 Å². The highest BCUT2D eigenvalue weighted by atomic mass is 32.1. The van der Waals surface area contributed by atoms with E-state index in [1.54, 1.807) is 22.2 Å². The standard InChI is InChI=1S/C15H20N2O2S/c1-3-15(19,4-2)8-17-9-16-13-12(14(17)18)10-6-5-7-11(10)20-13/h9,19H,3-8H2,1-2H3. The molecule has 0 unspecified atom stereocenters. The molecule has 0 saturated heterocycles. The maximum Gasteiger partial charge on any atom is 0.262 e. The van der Waals surface area contributed by atoms with Crippen molar-refractivity contribution in [1.29, 1.82) is 0 Å². The molecule has 0 radical (unpaired) electrons. The summed E-state index contributed by atoms with van der Waals surface area (Å²) in [7, 11) is 0. The Morgan fingerprint density at radius 2 is 2.15 bits per heavy atom. The van der Waals surface area contributed by atoms with Crippen LogP contribution >= 0.6 is 11.3 Å². The highest BCUT2D eigenvalue weighted by Crippen LogP contribution is 2.34. The lowest BCUT2D eigenvalue weighted by molar-refractivity contribution is 0.0140. The van der Waals surface area contributed by atoms with Crippen molar-refractivity contribution in [3.8, 4) is 0 Å². The zero-order valence-electron chi connectivity index (χ0n) is 12.0. The number of aliphatic hydroxyl groups is 1. The van der Waals surface area contributed by atoms with E-state index in [0.29, 0.717) is 19.4 Å². The second kappa shape index (κ2) is 4.97. The van der Waals surface area contributed by atoms with Gasteiger partial charge in [0, 0.05) is 4.88 Å². The Morgan fingerprint density at radius 1 is 1.40 bits per heavy atom. The molecule has 1 aliphatic rings. The van der Waals surface area contributed by atoms with Gasteiger partial charge in [-0.2, -0.15) is 0 Å². The van der Waals surface area contributed by atoms with Crippen molar-refractivity contribution in [2.75, 3.05) is 0 Å². The third-order valence-electron chi connectivity index (χ3n) is 4.47. The van der Waals surface area contributed by atoms with Crippen LogP contribution in [0.3, 0.4) is 0 Å². The Hall–Kier alpha value is -1.20. The van der Waals surface area contributed by atoms with Gasteiger partial charge in [-0.1, -0.05) is 13.8 Å². The van der Waals surface area contributed by atoms with Crippen molar-refractivity contribution in [2.45, 2.75) is 58.1 Å². The molecule has 0 aliphatic heterocycles. The summed E-state index contributed by atoms with van der Waals surface area (Å²) in [5, 5.41) is 11.2. The van der Waals surface area contributed by atoms with Crippen LogP contribution in [0.25, 0.3) is 10.2 Å². The number of aromatic nitrogens is 2. The summed E-state index contributed by atoms with van der Waals surface area (Å²) in [5.74, 6) is 0. The quantitative estimate of drug-likeness (QED) is 0.942.